The third kappa shape index (κ3) is 2.41. The topological polar surface area (TPSA) is 37.4 Å². The van der Waals surface area contributed by atoms with E-state index in [-0.39, 0.29) is 12.0 Å². The molecular formula is C14H13F4NO2. The van der Waals surface area contributed by atoms with Crippen LogP contribution < -0.4 is 0 Å². The zero-order chi connectivity index (χ0) is 16.1. The van der Waals surface area contributed by atoms with Crippen molar-refractivity contribution in [1.29, 1.82) is 0 Å². The van der Waals surface area contributed by atoms with Gasteiger partial charge in [-0.25, -0.2) is 17.6 Å². The molecule has 0 unspecified atom stereocenters. The molecule has 21 heavy (non-hydrogen) atoms. The third-order valence-corrected chi connectivity index (χ3v) is 3.27. The zero-order valence-electron chi connectivity index (χ0n) is 11.7. The number of carbonyl (C=O) groups excluding carboxylic acids is 2. The fourth-order valence-electron chi connectivity index (χ4n) is 2.05. The molecule has 1 aliphatic heterocycles. The van der Waals surface area contributed by atoms with Crippen molar-refractivity contribution in [3.63, 3.8) is 0 Å². The lowest BCUT2D eigenvalue weighted by Gasteiger charge is -2.21. The molecule has 0 aliphatic carbocycles. The van der Waals surface area contributed by atoms with E-state index in [9.17, 15) is 27.2 Å². The average Bonchev–Trinajstić information content (AvgIpc) is 2.62. The number of nitrogens with zero attached hydrogens (tertiary/aromatic N) is 1. The molecule has 1 aromatic carbocycles. The Balaban J connectivity index is 2.48. The molecule has 1 heterocycles. The van der Waals surface area contributed by atoms with E-state index >= 15 is 0 Å². The Morgan fingerprint density at radius 2 is 1.19 bits per heavy atom. The van der Waals surface area contributed by atoms with E-state index in [1.54, 1.807) is 0 Å². The molecule has 2 amide bonds. The Hall–Kier alpha value is -1.92. The van der Waals surface area contributed by atoms with E-state index in [1.165, 1.54) is 0 Å². The van der Waals surface area contributed by atoms with Crippen LogP contribution in [-0.2, 0) is 0 Å². The zero-order valence-corrected chi connectivity index (χ0v) is 11.7. The molecule has 7 heteroatoms. The Morgan fingerprint density at radius 3 is 1.52 bits per heavy atom. The van der Waals surface area contributed by atoms with Crippen molar-refractivity contribution in [2.45, 2.75) is 27.2 Å². The SMILES string of the molecule is CC(C)(C)CCN1C(=O)c2c(F)c(F)c(F)c(F)c2C1=O. The second kappa shape index (κ2) is 4.82. The summed E-state index contributed by atoms with van der Waals surface area (Å²) in [5, 5.41) is 0. The molecule has 0 spiro atoms. The van der Waals surface area contributed by atoms with Crippen LogP contribution in [0.1, 0.15) is 47.9 Å². The Bertz CT molecular complexity index is 603. The van der Waals surface area contributed by atoms with Gasteiger partial charge >= 0.3 is 0 Å². The highest BCUT2D eigenvalue weighted by molar-refractivity contribution is 6.21. The minimum Gasteiger partial charge on any atom is -0.274 e. The normalized spacial score (nSPS) is 14.9. The minimum absolute atomic E-state index is 0.0854. The largest absolute Gasteiger partial charge is 0.274 e. The van der Waals surface area contributed by atoms with Crippen LogP contribution in [0, 0.1) is 28.7 Å². The molecular weight excluding hydrogens is 290 g/mol. The van der Waals surface area contributed by atoms with Crippen LogP contribution >= 0.6 is 0 Å². The summed E-state index contributed by atoms with van der Waals surface area (Å²) in [4.78, 5) is 24.6. The first-order valence-corrected chi connectivity index (χ1v) is 6.28. The van der Waals surface area contributed by atoms with Gasteiger partial charge in [0.1, 0.15) is 0 Å². The number of rotatable bonds is 2. The molecule has 2 rings (SSSR count). The summed E-state index contributed by atoms with van der Waals surface area (Å²) >= 11 is 0. The predicted octanol–water partition coefficient (Wildman–Crippen LogP) is 3.28. The van der Waals surface area contributed by atoms with Crippen molar-refractivity contribution >= 4 is 11.8 Å². The highest BCUT2D eigenvalue weighted by atomic mass is 19.2. The van der Waals surface area contributed by atoms with Gasteiger partial charge < -0.3 is 0 Å². The lowest BCUT2D eigenvalue weighted by molar-refractivity contribution is 0.0636. The lowest BCUT2D eigenvalue weighted by atomic mass is 9.92. The first-order valence-electron chi connectivity index (χ1n) is 6.28. The molecule has 0 aromatic heterocycles. The first kappa shape index (κ1) is 15.5. The van der Waals surface area contributed by atoms with Crippen LogP contribution in [-0.4, -0.2) is 23.3 Å². The van der Waals surface area contributed by atoms with Gasteiger partial charge in [0.15, 0.2) is 23.3 Å². The molecule has 1 aliphatic rings. The van der Waals surface area contributed by atoms with Gasteiger partial charge in [0.25, 0.3) is 11.8 Å². The van der Waals surface area contributed by atoms with Crippen molar-refractivity contribution in [3.05, 3.63) is 34.4 Å². The van der Waals surface area contributed by atoms with E-state index in [4.69, 9.17) is 0 Å². The van der Waals surface area contributed by atoms with Gasteiger partial charge in [-0.1, -0.05) is 20.8 Å². The number of imide groups is 1. The number of amides is 2. The van der Waals surface area contributed by atoms with Crippen molar-refractivity contribution in [3.8, 4) is 0 Å². The van der Waals surface area contributed by atoms with Crippen LogP contribution in [0.15, 0.2) is 0 Å². The summed E-state index contributed by atoms with van der Waals surface area (Å²) in [6, 6.07) is 0. The van der Waals surface area contributed by atoms with Gasteiger partial charge in [0, 0.05) is 6.54 Å². The molecule has 0 saturated heterocycles. The summed E-state index contributed by atoms with van der Waals surface area (Å²) in [6.45, 7) is 5.47. The van der Waals surface area contributed by atoms with Crippen LogP contribution in [0.25, 0.3) is 0 Å². The van der Waals surface area contributed by atoms with Crippen LogP contribution in [0.3, 0.4) is 0 Å². The van der Waals surface area contributed by atoms with Crippen molar-refractivity contribution in [1.82, 2.24) is 4.90 Å². The summed E-state index contributed by atoms with van der Waals surface area (Å²) in [5.41, 5.74) is -2.31. The fraction of sp³-hybridized carbons (Fsp3) is 0.429. The monoisotopic (exact) mass is 303 g/mol. The number of fused-ring (bicyclic) bond motifs is 1. The number of halogens is 4. The summed E-state index contributed by atoms with van der Waals surface area (Å²) < 4.78 is 53.6. The fourth-order valence-corrected chi connectivity index (χ4v) is 2.05. The standard InChI is InChI=1S/C14H13F4NO2/c1-14(2,3)4-5-19-12(20)6-7(13(19)21)9(16)11(18)10(17)8(6)15/h4-5H2,1-3H3. The van der Waals surface area contributed by atoms with E-state index in [2.05, 4.69) is 0 Å². The van der Waals surface area contributed by atoms with Gasteiger partial charge in [-0.05, 0) is 11.8 Å². The summed E-state index contributed by atoms with van der Waals surface area (Å²) in [5.74, 6) is -10.1. The van der Waals surface area contributed by atoms with Gasteiger partial charge in [0.2, 0.25) is 0 Å². The predicted molar refractivity (Wildman–Crippen MR) is 65.7 cm³/mol. The van der Waals surface area contributed by atoms with Crippen LogP contribution in [0.2, 0.25) is 0 Å². The number of benzene rings is 1. The van der Waals surface area contributed by atoms with Gasteiger partial charge in [-0.15, -0.1) is 0 Å². The molecule has 0 fully saturated rings. The maximum atomic E-state index is 13.6. The van der Waals surface area contributed by atoms with Gasteiger partial charge in [-0.2, -0.15) is 0 Å². The smallest absolute Gasteiger partial charge is 0.264 e. The van der Waals surface area contributed by atoms with Crippen molar-refractivity contribution in [2.24, 2.45) is 5.41 Å². The highest BCUT2D eigenvalue weighted by Gasteiger charge is 2.43. The molecule has 0 atom stereocenters. The highest BCUT2D eigenvalue weighted by Crippen LogP contribution is 2.32. The Labute approximate surface area is 118 Å². The Morgan fingerprint density at radius 1 is 0.810 bits per heavy atom. The molecule has 0 bridgehead atoms. The molecule has 3 nitrogen and oxygen atoms in total. The third-order valence-electron chi connectivity index (χ3n) is 3.27. The molecule has 1 aromatic rings. The van der Waals surface area contributed by atoms with Gasteiger partial charge in [0.05, 0.1) is 11.1 Å². The minimum atomic E-state index is -2.09. The number of hydrogen-bond donors (Lipinski definition) is 0. The molecule has 0 saturated carbocycles. The molecule has 0 radical (unpaired) electrons. The maximum Gasteiger partial charge on any atom is 0.264 e. The number of hydrogen-bond acceptors (Lipinski definition) is 2. The van der Waals surface area contributed by atoms with E-state index in [0.717, 1.165) is 0 Å². The van der Waals surface area contributed by atoms with E-state index in [1.807, 2.05) is 20.8 Å². The first-order chi connectivity index (χ1) is 9.56. The molecule has 114 valence electrons. The maximum absolute atomic E-state index is 13.6. The average molecular weight is 303 g/mol. The summed E-state index contributed by atoms with van der Waals surface area (Å²) in [6.07, 6.45) is 0.382. The van der Waals surface area contributed by atoms with Crippen molar-refractivity contribution in [2.75, 3.05) is 6.54 Å². The Kier molecular flexibility index (Phi) is 3.55. The van der Waals surface area contributed by atoms with Gasteiger partial charge in [-0.3, -0.25) is 14.5 Å². The van der Waals surface area contributed by atoms with E-state index < -0.39 is 46.2 Å². The molecule has 0 N–H and O–H groups in total. The van der Waals surface area contributed by atoms with Crippen molar-refractivity contribution < 1.29 is 27.2 Å². The second-order valence-electron chi connectivity index (χ2n) is 6.08. The second-order valence-corrected chi connectivity index (χ2v) is 6.08. The van der Waals surface area contributed by atoms with Crippen LogP contribution in [0.4, 0.5) is 17.6 Å². The quantitative estimate of drug-likeness (QED) is 0.364. The lowest BCUT2D eigenvalue weighted by Crippen LogP contribution is -2.33. The number of carbonyl (C=O) groups is 2. The summed E-state index contributed by atoms with van der Waals surface area (Å²) in [7, 11) is 0. The van der Waals surface area contributed by atoms with E-state index in [0.29, 0.717) is 11.3 Å². The van der Waals surface area contributed by atoms with Crippen LogP contribution in [0.5, 0.6) is 0 Å².